The molecule has 2 aromatic carbocycles. The van der Waals surface area contributed by atoms with Crippen LogP contribution in [0, 0.1) is 0 Å². The van der Waals surface area contributed by atoms with Crippen LogP contribution in [0.15, 0.2) is 54.6 Å². The molecule has 1 fully saturated rings. The van der Waals surface area contributed by atoms with Crippen molar-refractivity contribution in [2.45, 2.75) is 57.5 Å². The van der Waals surface area contributed by atoms with Gasteiger partial charge in [-0.1, -0.05) is 55.3 Å². The number of fused-ring (bicyclic) bond motifs is 1. The van der Waals surface area contributed by atoms with Crippen LogP contribution in [-0.4, -0.2) is 31.8 Å². The summed E-state index contributed by atoms with van der Waals surface area (Å²) in [7, 11) is 0. The molecule has 1 saturated heterocycles. The molecule has 3 rings (SSSR count). The largest absolute Gasteiger partial charge is 0.493 e. The molecule has 1 unspecified atom stereocenters. The van der Waals surface area contributed by atoms with E-state index in [4.69, 9.17) is 9.47 Å². The normalized spacial score (nSPS) is 16.9. The second-order valence-corrected chi connectivity index (χ2v) is 7.66. The van der Waals surface area contributed by atoms with E-state index < -0.39 is 0 Å². The lowest BCUT2D eigenvalue weighted by atomic mass is 10.1. The molecule has 29 heavy (non-hydrogen) atoms. The van der Waals surface area contributed by atoms with Crippen LogP contribution in [0.3, 0.4) is 0 Å². The van der Waals surface area contributed by atoms with E-state index in [1.165, 1.54) is 17.2 Å². The Morgan fingerprint density at radius 2 is 1.93 bits per heavy atom. The summed E-state index contributed by atoms with van der Waals surface area (Å²) in [6.07, 6.45) is 12.6. The van der Waals surface area contributed by atoms with Crippen LogP contribution < -0.4 is 10.1 Å². The minimum atomic E-state index is -0.0114. The van der Waals surface area contributed by atoms with Gasteiger partial charge in [0, 0.05) is 18.5 Å². The number of carbonyl (C=O) groups is 1. The van der Waals surface area contributed by atoms with Crippen molar-refractivity contribution in [3.8, 4) is 5.75 Å². The first-order chi connectivity index (χ1) is 14.3. The first-order valence-corrected chi connectivity index (χ1v) is 11.0. The molecule has 0 radical (unpaired) electrons. The van der Waals surface area contributed by atoms with Gasteiger partial charge in [-0.15, -0.1) is 0 Å². The Hall–Kier alpha value is -2.33. The van der Waals surface area contributed by atoms with Crippen molar-refractivity contribution in [3.63, 3.8) is 0 Å². The van der Waals surface area contributed by atoms with Gasteiger partial charge in [0.15, 0.2) is 0 Å². The van der Waals surface area contributed by atoms with Crippen LogP contribution >= 0.6 is 0 Å². The number of rotatable bonds is 11. The Kier molecular flexibility index (Phi) is 9.05. The quantitative estimate of drug-likeness (QED) is 0.409. The maximum atomic E-state index is 11.8. The Morgan fingerprint density at radius 3 is 2.83 bits per heavy atom. The van der Waals surface area contributed by atoms with Gasteiger partial charge in [0.1, 0.15) is 5.75 Å². The molecule has 156 valence electrons. The number of amides is 1. The van der Waals surface area contributed by atoms with Crippen molar-refractivity contribution < 1.29 is 14.3 Å². The molecule has 0 spiro atoms. The van der Waals surface area contributed by atoms with Crippen LogP contribution in [0.1, 0.15) is 51.4 Å². The Bertz CT molecular complexity index is 775. The third-order valence-electron chi connectivity index (χ3n) is 5.32. The predicted molar refractivity (Wildman–Crippen MR) is 118 cm³/mol. The molecule has 1 aliphatic rings. The zero-order valence-electron chi connectivity index (χ0n) is 17.3. The third kappa shape index (κ3) is 7.54. The number of ether oxygens (including phenoxy) is 2. The van der Waals surface area contributed by atoms with Gasteiger partial charge < -0.3 is 14.8 Å². The minimum Gasteiger partial charge on any atom is -0.493 e. The Labute approximate surface area is 174 Å². The Balaban J connectivity index is 1.21. The molecule has 4 nitrogen and oxygen atoms in total. The Morgan fingerprint density at radius 1 is 1.07 bits per heavy atom. The van der Waals surface area contributed by atoms with Crippen molar-refractivity contribution in [3.05, 3.63) is 54.6 Å². The summed E-state index contributed by atoms with van der Waals surface area (Å²) in [5.41, 5.74) is 0. The molecule has 0 aliphatic carbocycles. The predicted octanol–water partition coefficient (Wildman–Crippen LogP) is 5.41. The van der Waals surface area contributed by atoms with E-state index in [9.17, 15) is 4.79 Å². The van der Waals surface area contributed by atoms with Gasteiger partial charge in [-0.25, -0.2) is 0 Å². The second kappa shape index (κ2) is 12.3. The van der Waals surface area contributed by atoms with Gasteiger partial charge in [0.25, 0.3) is 0 Å². The summed E-state index contributed by atoms with van der Waals surface area (Å²) in [4.78, 5) is 11.8. The van der Waals surface area contributed by atoms with Crippen LogP contribution in [0.5, 0.6) is 5.75 Å². The number of hydrogen-bond donors (Lipinski definition) is 1. The zero-order chi connectivity index (χ0) is 20.2. The molecule has 1 N–H and O–H groups in total. The molecule has 0 aromatic heterocycles. The number of hydrogen-bond acceptors (Lipinski definition) is 3. The smallest absolute Gasteiger partial charge is 0.243 e. The van der Waals surface area contributed by atoms with Crippen molar-refractivity contribution in [2.75, 3.05) is 19.8 Å². The van der Waals surface area contributed by atoms with Crippen LogP contribution in [0.4, 0.5) is 0 Å². The number of allylic oxidation sites excluding steroid dienone is 1. The second-order valence-electron chi connectivity index (χ2n) is 7.66. The molecule has 0 bridgehead atoms. The van der Waals surface area contributed by atoms with E-state index in [1.54, 1.807) is 6.08 Å². The lowest BCUT2D eigenvalue weighted by Gasteiger charge is -2.22. The number of carbonyl (C=O) groups excluding carboxylic acids is 1. The first kappa shape index (κ1) is 21.4. The van der Waals surface area contributed by atoms with E-state index in [0.29, 0.717) is 6.54 Å². The summed E-state index contributed by atoms with van der Waals surface area (Å²) in [6, 6.07) is 14.5. The van der Waals surface area contributed by atoms with E-state index in [2.05, 4.69) is 29.6 Å². The monoisotopic (exact) mass is 395 g/mol. The summed E-state index contributed by atoms with van der Waals surface area (Å²) in [5, 5.41) is 5.32. The molecule has 2 aromatic rings. The van der Waals surface area contributed by atoms with Crippen molar-refractivity contribution >= 4 is 16.7 Å². The zero-order valence-corrected chi connectivity index (χ0v) is 17.3. The van der Waals surface area contributed by atoms with Crippen molar-refractivity contribution in [2.24, 2.45) is 0 Å². The molecular weight excluding hydrogens is 362 g/mol. The van der Waals surface area contributed by atoms with Gasteiger partial charge in [-0.3, -0.25) is 4.79 Å². The maximum Gasteiger partial charge on any atom is 0.243 e. The van der Waals surface area contributed by atoms with Crippen LogP contribution in [-0.2, 0) is 9.53 Å². The van der Waals surface area contributed by atoms with E-state index in [0.717, 1.165) is 63.9 Å². The summed E-state index contributed by atoms with van der Waals surface area (Å²) in [6.45, 7) is 2.19. The third-order valence-corrected chi connectivity index (χ3v) is 5.32. The van der Waals surface area contributed by atoms with E-state index >= 15 is 0 Å². The lowest BCUT2D eigenvalue weighted by molar-refractivity contribution is -0.117. The number of unbranched alkanes of at least 4 members (excludes halogenated alkanes) is 4. The molecule has 4 heteroatoms. The number of benzene rings is 2. The van der Waals surface area contributed by atoms with Gasteiger partial charge >= 0.3 is 0 Å². The fourth-order valence-corrected chi connectivity index (χ4v) is 3.65. The van der Waals surface area contributed by atoms with E-state index in [-0.39, 0.29) is 12.0 Å². The molecule has 1 heterocycles. The van der Waals surface area contributed by atoms with Gasteiger partial charge in [0.2, 0.25) is 5.91 Å². The highest BCUT2D eigenvalue weighted by atomic mass is 16.5. The highest BCUT2D eigenvalue weighted by Crippen LogP contribution is 2.25. The lowest BCUT2D eigenvalue weighted by Crippen LogP contribution is -2.34. The summed E-state index contributed by atoms with van der Waals surface area (Å²) in [5.74, 6) is 0.957. The van der Waals surface area contributed by atoms with Gasteiger partial charge in [0.05, 0.1) is 12.7 Å². The highest BCUT2D eigenvalue weighted by Gasteiger charge is 2.13. The fourth-order valence-electron chi connectivity index (χ4n) is 3.65. The standard InChI is InChI=1S/C25H33NO3/c27-25(26-20-22-14-8-10-18-28-22)17-5-3-1-2-4-9-19-29-24-16-11-13-21-12-6-7-15-23(21)24/h5-7,11-13,15-17,22H,1-4,8-10,14,18-20H2,(H,26,27). The maximum absolute atomic E-state index is 11.8. The topological polar surface area (TPSA) is 47.6 Å². The molecule has 1 aliphatic heterocycles. The van der Waals surface area contributed by atoms with Crippen LogP contribution in [0.25, 0.3) is 10.8 Å². The van der Waals surface area contributed by atoms with Gasteiger partial charge in [-0.05, 0) is 56.1 Å². The van der Waals surface area contributed by atoms with Gasteiger partial charge in [-0.2, -0.15) is 0 Å². The molecule has 1 amide bonds. The molecule has 0 saturated carbocycles. The van der Waals surface area contributed by atoms with Crippen LogP contribution in [0.2, 0.25) is 0 Å². The molecular formula is C25H33NO3. The summed E-state index contributed by atoms with van der Waals surface area (Å²) < 4.78 is 11.6. The minimum absolute atomic E-state index is 0.0114. The van der Waals surface area contributed by atoms with Crippen molar-refractivity contribution in [1.82, 2.24) is 5.32 Å². The molecule has 1 atom stereocenters. The fraction of sp³-hybridized carbons (Fsp3) is 0.480. The van der Waals surface area contributed by atoms with E-state index in [1.807, 2.05) is 24.3 Å². The SMILES string of the molecule is O=C(C=CCCCCCCOc1cccc2ccccc12)NCC1CCCCO1. The van der Waals surface area contributed by atoms with Crippen molar-refractivity contribution in [1.29, 1.82) is 0 Å². The first-order valence-electron chi connectivity index (χ1n) is 11.0. The average molecular weight is 396 g/mol. The average Bonchev–Trinajstić information content (AvgIpc) is 2.77. The number of nitrogens with one attached hydrogen (secondary N) is 1. The summed E-state index contributed by atoms with van der Waals surface area (Å²) >= 11 is 0. The highest BCUT2D eigenvalue weighted by molar-refractivity contribution is 5.88.